The Morgan fingerprint density at radius 3 is 1.93 bits per heavy atom. The molecule has 9 heteroatoms. The van der Waals surface area contributed by atoms with Gasteiger partial charge < -0.3 is 24.6 Å². The van der Waals surface area contributed by atoms with E-state index in [4.69, 9.17) is 29.3 Å². The Hall–Kier alpha value is -2.81. The minimum Gasteiger partial charge on any atom is -0.493 e. The van der Waals surface area contributed by atoms with Crippen molar-refractivity contribution in [3.05, 3.63) is 23.8 Å². The van der Waals surface area contributed by atoms with Gasteiger partial charge in [-0.3, -0.25) is 9.69 Å². The molecule has 1 saturated carbocycles. The molecule has 0 spiro atoms. The van der Waals surface area contributed by atoms with Gasteiger partial charge in [-0.15, -0.1) is 0 Å². The molecular weight excluding hydrogens is 380 g/mol. The van der Waals surface area contributed by atoms with Crippen molar-refractivity contribution < 1.29 is 34.1 Å². The largest absolute Gasteiger partial charge is 0.493 e. The van der Waals surface area contributed by atoms with Gasteiger partial charge in [0.2, 0.25) is 0 Å². The summed E-state index contributed by atoms with van der Waals surface area (Å²) >= 11 is 0. The molecule has 3 rings (SSSR count). The summed E-state index contributed by atoms with van der Waals surface area (Å²) in [5.41, 5.74) is 0.664. The zero-order valence-electron chi connectivity index (χ0n) is 16.8. The van der Waals surface area contributed by atoms with Crippen LogP contribution in [0.3, 0.4) is 0 Å². The lowest BCUT2D eigenvalue weighted by Gasteiger charge is -2.38. The Balaban J connectivity index is 0.000000438. The lowest BCUT2D eigenvalue weighted by molar-refractivity contribution is -0.159. The highest BCUT2D eigenvalue weighted by Crippen LogP contribution is 2.29. The number of rotatable bonds is 4. The van der Waals surface area contributed by atoms with Crippen LogP contribution < -0.4 is 9.47 Å². The molecule has 2 N–H and O–H groups in total. The molecule has 0 atom stereocenters. The van der Waals surface area contributed by atoms with Gasteiger partial charge in [0.25, 0.3) is 5.91 Å². The molecule has 1 aliphatic heterocycles. The number of carbonyl (C=O) groups is 3. The van der Waals surface area contributed by atoms with Gasteiger partial charge in [0.05, 0.1) is 14.2 Å². The first-order chi connectivity index (χ1) is 13.9. The zero-order valence-corrected chi connectivity index (χ0v) is 16.8. The van der Waals surface area contributed by atoms with Gasteiger partial charge in [0.15, 0.2) is 11.5 Å². The number of benzene rings is 1. The van der Waals surface area contributed by atoms with Gasteiger partial charge in [0.1, 0.15) is 0 Å². The lowest BCUT2D eigenvalue weighted by atomic mass is 10.1. The summed E-state index contributed by atoms with van der Waals surface area (Å²) in [5.74, 6) is -2.32. The number of carboxylic acid groups (broad SMARTS) is 2. The first kappa shape index (κ1) is 22.5. The second-order valence-corrected chi connectivity index (χ2v) is 6.95. The van der Waals surface area contributed by atoms with Crippen LogP contribution in [0.15, 0.2) is 18.2 Å². The van der Waals surface area contributed by atoms with E-state index in [1.165, 1.54) is 25.7 Å². The third-order valence-electron chi connectivity index (χ3n) is 5.26. The maximum Gasteiger partial charge on any atom is 0.414 e. The van der Waals surface area contributed by atoms with Crippen molar-refractivity contribution in [3.63, 3.8) is 0 Å². The number of nitrogens with zero attached hydrogens (tertiary/aromatic N) is 2. The molecular formula is C20H28N2O7. The van der Waals surface area contributed by atoms with Gasteiger partial charge in [-0.2, -0.15) is 0 Å². The fraction of sp³-hybridized carbons (Fsp3) is 0.550. The molecule has 1 aliphatic carbocycles. The highest BCUT2D eigenvalue weighted by atomic mass is 16.5. The number of aliphatic carboxylic acids is 2. The molecule has 1 heterocycles. The maximum absolute atomic E-state index is 12.7. The summed E-state index contributed by atoms with van der Waals surface area (Å²) in [6, 6.07) is 6.12. The summed E-state index contributed by atoms with van der Waals surface area (Å²) in [6.07, 6.45) is 5.36. The molecule has 9 nitrogen and oxygen atoms in total. The van der Waals surface area contributed by atoms with Crippen molar-refractivity contribution >= 4 is 17.8 Å². The van der Waals surface area contributed by atoms with Gasteiger partial charge in [-0.25, -0.2) is 9.59 Å². The molecule has 0 aromatic heterocycles. The monoisotopic (exact) mass is 408 g/mol. The number of hydrogen-bond acceptors (Lipinski definition) is 6. The molecule has 0 unspecified atom stereocenters. The van der Waals surface area contributed by atoms with Crippen molar-refractivity contribution in [1.82, 2.24) is 9.80 Å². The standard InChI is InChI=1S/C18H26N2O3.C2H2O4/c1-22-16-8-7-14(13-17(16)23-2)18(21)20-11-9-19(10-12-20)15-5-3-4-6-15;3-1(4)2(5)6/h7-8,13,15H,3-6,9-12H2,1-2H3;(H,3,4)(H,5,6). The summed E-state index contributed by atoms with van der Waals surface area (Å²) in [5, 5.41) is 14.8. The first-order valence-electron chi connectivity index (χ1n) is 9.59. The summed E-state index contributed by atoms with van der Waals surface area (Å²) in [6.45, 7) is 3.60. The number of methoxy groups -OCH3 is 2. The van der Waals surface area contributed by atoms with Crippen molar-refractivity contribution in [2.45, 2.75) is 31.7 Å². The second-order valence-electron chi connectivity index (χ2n) is 6.95. The highest BCUT2D eigenvalue weighted by Gasteiger charge is 2.28. The van der Waals surface area contributed by atoms with Crippen LogP contribution in [0.25, 0.3) is 0 Å². The van der Waals surface area contributed by atoms with Crippen molar-refractivity contribution in [2.24, 2.45) is 0 Å². The van der Waals surface area contributed by atoms with Crippen LogP contribution in [0.1, 0.15) is 36.0 Å². The van der Waals surface area contributed by atoms with Crippen molar-refractivity contribution in [3.8, 4) is 11.5 Å². The molecule has 0 radical (unpaired) electrons. The van der Waals surface area contributed by atoms with E-state index < -0.39 is 11.9 Å². The fourth-order valence-corrected chi connectivity index (χ4v) is 3.71. The average molecular weight is 408 g/mol. The van der Waals surface area contributed by atoms with Crippen LogP contribution in [0.2, 0.25) is 0 Å². The van der Waals surface area contributed by atoms with Gasteiger partial charge in [-0.1, -0.05) is 12.8 Å². The first-order valence-corrected chi connectivity index (χ1v) is 9.59. The summed E-state index contributed by atoms with van der Waals surface area (Å²) in [4.78, 5) is 35.4. The maximum atomic E-state index is 12.7. The average Bonchev–Trinajstić information content (AvgIpc) is 3.28. The van der Waals surface area contributed by atoms with E-state index in [1.54, 1.807) is 26.4 Å². The minimum atomic E-state index is -1.82. The predicted molar refractivity (Wildman–Crippen MR) is 105 cm³/mol. The molecule has 1 amide bonds. The number of ether oxygens (including phenoxy) is 2. The van der Waals surface area contributed by atoms with Crippen LogP contribution in [0.5, 0.6) is 11.5 Å². The Morgan fingerprint density at radius 1 is 0.897 bits per heavy atom. The van der Waals surface area contributed by atoms with E-state index in [-0.39, 0.29) is 5.91 Å². The van der Waals surface area contributed by atoms with E-state index in [0.717, 1.165) is 32.2 Å². The Morgan fingerprint density at radius 2 is 1.45 bits per heavy atom. The Kier molecular flexibility index (Phi) is 8.26. The van der Waals surface area contributed by atoms with Crippen LogP contribution in [-0.4, -0.2) is 84.3 Å². The fourth-order valence-electron chi connectivity index (χ4n) is 3.71. The van der Waals surface area contributed by atoms with Crippen molar-refractivity contribution in [2.75, 3.05) is 40.4 Å². The zero-order chi connectivity index (χ0) is 21.4. The molecule has 2 fully saturated rings. The Bertz CT molecular complexity index is 712. The lowest BCUT2D eigenvalue weighted by Crippen LogP contribution is -2.51. The van der Waals surface area contributed by atoms with Gasteiger partial charge >= 0.3 is 11.9 Å². The third-order valence-corrected chi connectivity index (χ3v) is 5.26. The third kappa shape index (κ3) is 6.08. The number of hydrogen-bond donors (Lipinski definition) is 2. The van der Waals surface area contributed by atoms with E-state index in [9.17, 15) is 4.79 Å². The smallest absolute Gasteiger partial charge is 0.414 e. The van der Waals surface area contributed by atoms with E-state index in [1.807, 2.05) is 11.0 Å². The molecule has 0 bridgehead atoms. The van der Waals surface area contributed by atoms with Gasteiger partial charge in [-0.05, 0) is 31.0 Å². The van der Waals surface area contributed by atoms with Crippen LogP contribution >= 0.6 is 0 Å². The number of carboxylic acids is 2. The molecule has 1 saturated heterocycles. The number of carbonyl (C=O) groups excluding carboxylic acids is 1. The van der Waals surface area contributed by atoms with Crippen LogP contribution in [-0.2, 0) is 9.59 Å². The van der Waals surface area contributed by atoms with Crippen molar-refractivity contribution in [1.29, 1.82) is 0 Å². The number of amides is 1. The topological polar surface area (TPSA) is 117 Å². The van der Waals surface area contributed by atoms with E-state index in [0.29, 0.717) is 17.1 Å². The SMILES string of the molecule is COc1ccc(C(=O)N2CCN(C3CCCC3)CC2)cc1OC.O=C(O)C(=O)O. The van der Waals surface area contributed by atoms with Crippen LogP contribution in [0, 0.1) is 0 Å². The Labute approximate surface area is 169 Å². The molecule has 1 aromatic rings. The quantitative estimate of drug-likeness (QED) is 0.721. The number of piperazine rings is 1. The van der Waals surface area contributed by atoms with Gasteiger partial charge in [0, 0.05) is 37.8 Å². The normalized spacial score (nSPS) is 17.2. The second kappa shape index (κ2) is 10.7. The highest BCUT2D eigenvalue weighted by molar-refractivity contribution is 6.27. The minimum absolute atomic E-state index is 0.0806. The summed E-state index contributed by atoms with van der Waals surface area (Å²) in [7, 11) is 3.19. The molecule has 29 heavy (non-hydrogen) atoms. The molecule has 1 aromatic carbocycles. The molecule has 2 aliphatic rings. The molecule has 160 valence electrons. The van der Waals surface area contributed by atoms with E-state index in [2.05, 4.69) is 4.90 Å². The van der Waals surface area contributed by atoms with E-state index >= 15 is 0 Å². The van der Waals surface area contributed by atoms with Crippen LogP contribution in [0.4, 0.5) is 0 Å². The summed E-state index contributed by atoms with van der Waals surface area (Å²) < 4.78 is 10.5. The predicted octanol–water partition coefficient (Wildman–Crippen LogP) is 1.56.